The largest absolute Gasteiger partial charge is 0.376 e. The second kappa shape index (κ2) is 5.75. The molecule has 1 aliphatic rings. The average molecular weight is 289 g/mol. The van der Waals surface area contributed by atoms with Crippen LogP contribution in [0.1, 0.15) is 18.4 Å². The van der Waals surface area contributed by atoms with E-state index in [0.29, 0.717) is 13.2 Å². The highest BCUT2D eigenvalue weighted by Gasteiger charge is 2.15. The van der Waals surface area contributed by atoms with E-state index in [1.54, 1.807) is 6.07 Å². The SMILES string of the molecule is Fc1ccc(Br)c(COCC2CCCO2)c1. The Kier molecular flexibility index (Phi) is 4.32. The molecule has 0 N–H and O–H groups in total. The van der Waals surface area contributed by atoms with E-state index in [4.69, 9.17) is 9.47 Å². The highest BCUT2D eigenvalue weighted by atomic mass is 79.9. The Labute approximate surface area is 103 Å². The molecule has 0 bridgehead atoms. The quantitative estimate of drug-likeness (QED) is 0.847. The van der Waals surface area contributed by atoms with Gasteiger partial charge in [-0.3, -0.25) is 0 Å². The number of ether oxygens (including phenoxy) is 2. The molecule has 0 amide bonds. The van der Waals surface area contributed by atoms with Crippen LogP contribution >= 0.6 is 15.9 Å². The first-order valence-electron chi connectivity index (χ1n) is 5.39. The molecule has 1 fully saturated rings. The standard InChI is InChI=1S/C12H14BrFO2/c13-12-4-3-10(14)6-9(12)7-15-8-11-2-1-5-16-11/h3-4,6,11H,1-2,5,7-8H2. The molecule has 88 valence electrons. The maximum atomic E-state index is 13.0. The second-order valence-corrected chi connectivity index (χ2v) is 4.74. The smallest absolute Gasteiger partial charge is 0.123 e. The van der Waals surface area contributed by atoms with Gasteiger partial charge in [-0.1, -0.05) is 15.9 Å². The van der Waals surface area contributed by atoms with Crippen LogP contribution < -0.4 is 0 Å². The van der Waals surface area contributed by atoms with Gasteiger partial charge in [-0.15, -0.1) is 0 Å². The Morgan fingerprint density at radius 3 is 3.12 bits per heavy atom. The van der Waals surface area contributed by atoms with Crippen molar-refractivity contribution in [3.8, 4) is 0 Å². The number of hydrogen-bond acceptors (Lipinski definition) is 2. The Balaban J connectivity index is 1.82. The Bertz CT molecular complexity index is 351. The molecule has 4 heteroatoms. The predicted octanol–water partition coefficient (Wildman–Crippen LogP) is 3.28. The highest BCUT2D eigenvalue weighted by molar-refractivity contribution is 9.10. The van der Waals surface area contributed by atoms with Crippen LogP contribution in [0.5, 0.6) is 0 Å². The molecule has 0 saturated carbocycles. The van der Waals surface area contributed by atoms with Gasteiger partial charge < -0.3 is 9.47 Å². The van der Waals surface area contributed by atoms with Gasteiger partial charge in [0.1, 0.15) is 5.82 Å². The normalized spacial score (nSPS) is 20.2. The van der Waals surface area contributed by atoms with Gasteiger partial charge in [-0.2, -0.15) is 0 Å². The molecule has 0 aliphatic carbocycles. The first kappa shape index (κ1) is 12.0. The van der Waals surface area contributed by atoms with E-state index in [0.717, 1.165) is 29.5 Å². The van der Waals surface area contributed by atoms with Crippen molar-refractivity contribution < 1.29 is 13.9 Å². The molecular formula is C12H14BrFO2. The van der Waals surface area contributed by atoms with Crippen LogP contribution in [0, 0.1) is 5.82 Å². The fourth-order valence-corrected chi connectivity index (χ4v) is 2.09. The van der Waals surface area contributed by atoms with E-state index < -0.39 is 0 Å². The van der Waals surface area contributed by atoms with E-state index in [9.17, 15) is 4.39 Å². The van der Waals surface area contributed by atoms with Crippen molar-refractivity contribution in [1.29, 1.82) is 0 Å². The first-order chi connectivity index (χ1) is 7.75. The molecule has 16 heavy (non-hydrogen) atoms. The summed E-state index contributed by atoms with van der Waals surface area (Å²) in [5.41, 5.74) is 0.831. The maximum absolute atomic E-state index is 13.0. The number of benzene rings is 1. The van der Waals surface area contributed by atoms with Crippen molar-refractivity contribution in [3.05, 3.63) is 34.1 Å². The summed E-state index contributed by atoms with van der Waals surface area (Å²) in [7, 11) is 0. The molecule has 0 spiro atoms. The van der Waals surface area contributed by atoms with Crippen LogP contribution in [-0.2, 0) is 16.1 Å². The summed E-state index contributed by atoms with van der Waals surface area (Å²) in [5.74, 6) is -0.237. The van der Waals surface area contributed by atoms with Crippen LogP contribution in [-0.4, -0.2) is 19.3 Å². The summed E-state index contributed by atoms with van der Waals surface area (Å²) in [6, 6.07) is 4.60. The molecule has 2 nitrogen and oxygen atoms in total. The van der Waals surface area contributed by atoms with Crippen LogP contribution in [0.2, 0.25) is 0 Å². The Hall–Kier alpha value is -0.450. The van der Waals surface area contributed by atoms with E-state index in [-0.39, 0.29) is 11.9 Å². The number of halogens is 2. The zero-order valence-electron chi connectivity index (χ0n) is 8.92. The van der Waals surface area contributed by atoms with Gasteiger partial charge in [0.05, 0.1) is 19.3 Å². The average Bonchev–Trinajstić information content (AvgIpc) is 2.76. The Morgan fingerprint density at radius 1 is 1.50 bits per heavy atom. The van der Waals surface area contributed by atoms with E-state index in [2.05, 4.69) is 15.9 Å². The maximum Gasteiger partial charge on any atom is 0.123 e. The molecule has 1 aromatic rings. The van der Waals surface area contributed by atoms with Crippen molar-refractivity contribution in [2.75, 3.05) is 13.2 Å². The van der Waals surface area contributed by atoms with Gasteiger partial charge in [-0.05, 0) is 36.6 Å². The van der Waals surface area contributed by atoms with Gasteiger partial charge >= 0.3 is 0 Å². The van der Waals surface area contributed by atoms with Gasteiger partial charge in [0, 0.05) is 11.1 Å². The van der Waals surface area contributed by atoms with Crippen molar-refractivity contribution in [3.63, 3.8) is 0 Å². The van der Waals surface area contributed by atoms with Crippen LogP contribution in [0.3, 0.4) is 0 Å². The van der Waals surface area contributed by atoms with E-state index in [1.807, 2.05) is 0 Å². The number of rotatable bonds is 4. The van der Waals surface area contributed by atoms with E-state index in [1.165, 1.54) is 12.1 Å². The summed E-state index contributed by atoms with van der Waals surface area (Å²) < 4.78 is 24.8. The highest BCUT2D eigenvalue weighted by Crippen LogP contribution is 2.19. The molecule has 1 aromatic carbocycles. The lowest BCUT2D eigenvalue weighted by Crippen LogP contribution is -2.13. The predicted molar refractivity (Wildman–Crippen MR) is 62.7 cm³/mol. The van der Waals surface area contributed by atoms with Gasteiger partial charge in [-0.25, -0.2) is 4.39 Å². The summed E-state index contributed by atoms with van der Waals surface area (Å²) >= 11 is 3.37. The van der Waals surface area contributed by atoms with Gasteiger partial charge in [0.25, 0.3) is 0 Å². The molecule has 1 heterocycles. The third-order valence-corrected chi connectivity index (χ3v) is 3.37. The van der Waals surface area contributed by atoms with Crippen LogP contribution in [0.25, 0.3) is 0 Å². The fourth-order valence-electron chi connectivity index (χ4n) is 1.73. The topological polar surface area (TPSA) is 18.5 Å². The van der Waals surface area contributed by atoms with Crippen molar-refractivity contribution in [1.82, 2.24) is 0 Å². The third-order valence-electron chi connectivity index (χ3n) is 2.59. The molecule has 1 aliphatic heterocycles. The van der Waals surface area contributed by atoms with Crippen LogP contribution in [0.4, 0.5) is 4.39 Å². The zero-order chi connectivity index (χ0) is 11.4. The van der Waals surface area contributed by atoms with Gasteiger partial charge in [0.15, 0.2) is 0 Å². The summed E-state index contributed by atoms with van der Waals surface area (Å²) in [5, 5.41) is 0. The molecular weight excluding hydrogens is 275 g/mol. The monoisotopic (exact) mass is 288 g/mol. The molecule has 1 atom stereocenters. The lowest BCUT2D eigenvalue weighted by Gasteiger charge is -2.10. The van der Waals surface area contributed by atoms with Gasteiger partial charge in [0.2, 0.25) is 0 Å². The zero-order valence-corrected chi connectivity index (χ0v) is 10.5. The minimum atomic E-state index is -0.237. The minimum absolute atomic E-state index is 0.215. The molecule has 0 radical (unpaired) electrons. The van der Waals surface area contributed by atoms with Crippen molar-refractivity contribution >= 4 is 15.9 Å². The van der Waals surface area contributed by atoms with Crippen molar-refractivity contribution in [2.24, 2.45) is 0 Å². The van der Waals surface area contributed by atoms with Crippen LogP contribution in [0.15, 0.2) is 22.7 Å². The summed E-state index contributed by atoms with van der Waals surface area (Å²) in [6.07, 6.45) is 2.38. The first-order valence-corrected chi connectivity index (χ1v) is 6.18. The van der Waals surface area contributed by atoms with E-state index >= 15 is 0 Å². The summed E-state index contributed by atoms with van der Waals surface area (Å²) in [6.45, 7) is 1.83. The number of hydrogen-bond donors (Lipinski definition) is 0. The molecule has 1 unspecified atom stereocenters. The fraction of sp³-hybridized carbons (Fsp3) is 0.500. The molecule has 1 saturated heterocycles. The third kappa shape index (κ3) is 3.27. The molecule has 2 rings (SSSR count). The minimum Gasteiger partial charge on any atom is -0.376 e. The van der Waals surface area contributed by atoms with Crippen molar-refractivity contribution in [2.45, 2.75) is 25.6 Å². The molecule has 0 aromatic heterocycles. The summed E-state index contributed by atoms with van der Waals surface area (Å²) in [4.78, 5) is 0. The second-order valence-electron chi connectivity index (χ2n) is 3.89. The Morgan fingerprint density at radius 2 is 2.38 bits per heavy atom. The lowest BCUT2D eigenvalue weighted by molar-refractivity contribution is 0.0104. The lowest BCUT2D eigenvalue weighted by atomic mass is 10.2.